The monoisotopic (exact) mass is 381 g/mol. The van der Waals surface area contributed by atoms with E-state index in [9.17, 15) is 18.4 Å². The predicted octanol–water partition coefficient (Wildman–Crippen LogP) is 4.55. The molecule has 0 aliphatic heterocycles. The van der Waals surface area contributed by atoms with Gasteiger partial charge in [0.15, 0.2) is 17.4 Å². The number of Topliss-reactive ketones (excluding diaryl/α,β-unsaturated/α-hetero) is 1. The second kappa shape index (κ2) is 8.08. The Morgan fingerprint density at radius 2 is 1.64 bits per heavy atom. The van der Waals surface area contributed by atoms with Crippen molar-refractivity contribution in [1.29, 1.82) is 0 Å². The fraction of sp³-hybridized carbons (Fsp3) is 0.136. The zero-order valence-corrected chi connectivity index (χ0v) is 15.3. The molecule has 0 saturated heterocycles. The van der Waals surface area contributed by atoms with Crippen LogP contribution in [0.2, 0.25) is 0 Å². The Hall–Kier alpha value is -3.41. The molecule has 0 unspecified atom stereocenters. The van der Waals surface area contributed by atoms with Gasteiger partial charge in [-0.05, 0) is 41.3 Å². The lowest BCUT2D eigenvalue weighted by Gasteiger charge is -2.10. The first kappa shape index (κ1) is 19.4. The molecule has 1 heterocycles. The van der Waals surface area contributed by atoms with Gasteiger partial charge in [-0.15, -0.1) is 0 Å². The lowest BCUT2D eigenvalue weighted by Crippen LogP contribution is -2.09. The standard InChI is InChI=1S/C22H17F2NO3/c1-13-3-6-16(22(27)28-2)10-17(13)15-7-4-14(5-8-15)9-20(26)21-18(23)11-25-12-19(21)24/h3-8,10-12H,9H2,1-2H3. The fourth-order valence-electron chi connectivity index (χ4n) is 2.93. The number of hydrogen-bond donors (Lipinski definition) is 0. The van der Waals surface area contributed by atoms with Crippen LogP contribution in [0.25, 0.3) is 11.1 Å². The molecule has 6 heteroatoms. The second-order valence-corrected chi connectivity index (χ2v) is 6.30. The van der Waals surface area contributed by atoms with Gasteiger partial charge in [-0.3, -0.25) is 9.78 Å². The number of esters is 1. The van der Waals surface area contributed by atoms with E-state index in [0.29, 0.717) is 11.1 Å². The number of nitrogens with zero attached hydrogens (tertiary/aromatic N) is 1. The highest BCUT2D eigenvalue weighted by molar-refractivity contribution is 5.98. The molecule has 0 amide bonds. The normalized spacial score (nSPS) is 10.6. The number of carbonyl (C=O) groups is 2. The van der Waals surface area contributed by atoms with Crippen LogP contribution in [-0.4, -0.2) is 23.8 Å². The first-order chi connectivity index (χ1) is 13.4. The quantitative estimate of drug-likeness (QED) is 0.481. The Morgan fingerprint density at radius 1 is 1.00 bits per heavy atom. The van der Waals surface area contributed by atoms with Crippen molar-refractivity contribution in [2.45, 2.75) is 13.3 Å². The second-order valence-electron chi connectivity index (χ2n) is 6.30. The van der Waals surface area contributed by atoms with Crippen LogP contribution in [0.1, 0.15) is 31.8 Å². The number of benzene rings is 2. The smallest absolute Gasteiger partial charge is 0.337 e. The van der Waals surface area contributed by atoms with Crippen LogP contribution < -0.4 is 0 Å². The molecule has 0 radical (unpaired) electrons. The highest BCUT2D eigenvalue weighted by Crippen LogP contribution is 2.26. The number of ketones is 1. The highest BCUT2D eigenvalue weighted by Gasteiger charge is 2.18. The molecule has 0 N–H and O–H groups in total. The molecule has 1 aromatic heterocycles. The minimum atomic E-state index is -0.975. The molecule has 0 bridgehead atoms. The molecular formula is C22H17F2NO3. The Bertz CT molecular complexity index is 1030. The zero-order valence-electron chi connectivity index (χ0n) is 15.3. The average Bonchev–Trinajstić information content (AvgIpc) is 2.68. The molecule has 0 atom stereocenters. The lowest BCUT2D eigenvalue weighted by atomic mass is 9.96. The summed E-state index contributed by atoms with van der Waals surface area (Å²) < 4.78 is 32.2. The molecular weight excluding hydrogens is 364 g/mol. The molecule has 3 aromatic rings. The average molecular weight is 381 g/mol. The number of halogens is 2. The van der Waals surface area contributed by atoms with Gasteiger partial charge in [-0.25, -0.2) is 13.6 Å². The van der Waals surface area contributed by atoms with Gasteiger partial charge in [0.2, 0.25) is 0 Å². The minimum Gasteiger partial charge on any atom is -0.465 e. The van der Waals surface area contributed by atoms with Gasteiger partial charge in [-0.2, -0.15) is 0 Å². The van der Waals surface area contributed by atoms with Crippen LogP contribution in [0.15, 0.2) is 54.9 Å². The van der Waals surface area contributed by atoms with Gasteiger partial charge in [0.05, 0.1) is 30.6 Å². The molecule has 0 saturated carbocycles. The van der Waals surface area contributed by atoms with Gasteiger partial charge >= 0.3 is 5.97 Å². The van der Waals surface area contributed by atoms with Crippen LogP contribution in [-0.2, 0) is 11.2 Å². The van der Waals surface area contributed by atoms with E-state index in [4.69, 9.17) is 4.74 Å². The summed E-state index contributed by atoms with van der Waals surface area (Å²) in [7, 11) is 1.32. The van der Waals surface area contributed by atoms with Gasteiger partial charge in [0.25, 0.3) is 0 Å². The van der Waals surface area contributed by atoms with E-state index >= 15 is 0 Å². The van der Waals surface area contributed by atoms with Crippen molar-refractivity contribution in [2.75, 3.05) is 7.11 Å². The fourth-order valence-corrected chi connectivity index (χ4v) is 2.93. The number of hydrogen-bond acceptors (Lipinski definition) is 4. The van der Waals surface area contributed by atoms with Crippen LogP contribution in [0, 0.1) is 18.6 Å². The number of ether oxygens (including phenoxy) is 1. The first-order valence-electron chi connectivity index (χ1n) is 8.51. The Kier molecular flexibility index (Phi) is 5.59. The summed E-state index contributed by atoms with van der Waals surface area (Å²) in [6.45, 7) is 1.92. The largest absolute Gasteiger partial charge is 0.465 e. The van der Waals surface area contributed by atoms with Gasteiger partial charge in [0, 0.05) is 6.42 Å². The molecule has 28 heavy (non-hydrogen) atoms. The summed E-state index contributed by atoms with van der Waals surface area (Å²) in [5.74, 6) is -3.03. The van der Waals surface area contributed by atoms with E-state index in [1.807, 2.05) is 13.0 Å². The number of aryl methyl sites for hydroxylation is 1. The number of pyridine rings is 1. The molecule has 0 spiro atoms. The number of carbonyl (C=O) groups excluding carboxylic acids is 2. The predicted molar refractivity (Wildman–Crippen MR) is 100 cm³/mol. The SMILES string of the molecule is COC(=O)c1ccc(C)c(-c2ccc(CC(=O)c3c(F)cncc3F)cc2)c1. The Morgan fingerprint density at radius 3 is 2.25 bits per heavy atom. The van der Waals surface area contributed by atoms with Crippen molar-refractivity contribution in [1.82, 2.24) is 4.98 Å². The van der Waals surface area contributed by atoms with E-state index in [1.54, 1.807) is 36.4 Å². The number of aromatic nitrogens is 1. The lowest BCUT2D eigenvalue weighted by molar-refractivity contribution is 0.0600. The zero-order chi connectivity index (χ0) is 20.3. The third kappa shape index (κ3) is 3.96. The molecule has 4 nitrogen and oxygen atoms in total. The van der Waals surface area contributed by atoms with E-state index in [2.05, 4.69) is 4.98 Å². The third-order valence-electron chi connectivity index (χ3n) is 4.42. The van der Waals surface area contributed by atoms with E-state index < -0.39 is 29.0 Å². The molecule has 2 aromatic carbocycles. The molecule has 0 fully saturated rings. The van der Waals surface area contributed by atoms with Crippen molar-refractivity contribution in [2.24, 2.45) is 0 Å². The van der Waals surface area contributed by atoms with Crippen molar-refractivity contribution in [3.05, 3.63) is 88.7 Å². The molecule has 0 aliphatic rings. The Labute approximate surface area is 160 Å². The summed E-state index contributed by atoms with van der Waals surface area (Å²) in [5, 5.41) is 0. The summed E-state index contributed by atoms with van der Waals surface area (Å²) in [6.07, 6.45) is 1.49. The van der Waals surface area contributed by atoms with Crippen molar-refractivity contribution >= 4 is 11.8 Å². The maximum atomic E-state index is 13.7. The summed E-state index contributed by atoms with van der Waals surface area (Å²) >= 11 is 0. The summed E-state index contributed by atoms with van der Waals surface area (Å²) in [6, 6.07) is 12.3. The topological polar surface area (TPSA) is 56.3 Å². The number of methoxy groups -OCH3 is 1. The maximum absolute atomic E-state index is 13.7. The van der Waals surface area contributed by atoms with Gasteiger partial charge < -0.3 is 4.74 Å². The van der Waals surface area contributed by atoms with E-state index in [0.717, 1.165) is 29.1 Å². The maximum Gasteiger partial charge on any atom is 0.337 e. The number of rotatable bonds is 5. The summed E-state index contributed by atoms with van der Waals surface area (Å²) in [5.41, 5.74) is 3.14. The van der Waals surface area contributed by atoms with Crippen molar-refractivity contribution < 1.29 is 23.1 Å². The van der Waals surface area contributed by atoms with E-state index in [1.165, 1.54) is 7.11 Å². The van der Waals surface area contributed by atoms with Crippen LogP contribution >= 0.6 is 0 Å². The molecule has 0 aliphatic carbocycles. The molecule has 142 valence electrons. The molecule has 3 rings (SSSR count). The summed E-state index contributed by atoms with van der Waals surface area (Å²) in [4.78, 5) is 27.4. The van der Waals surface area contributed by atoms with Crippen LogP contribution in [0.5, 0.6) is 0 Å². The van der Waals surface area contributed by atoms with Crippen molar-refractivity contribution in [3.8, 4) is 11.1 Å². The first-order valence-corrected chi connectivity index (χ1v) is 8.51. The van der Waals surface area contributed by atoms with Crippen molar-refractivity contribution in [3.63, 3.8) is 0 Å². The van der Waals surface area contributed by atoms with E-state index in [-0.39, 0.29) is 6.42 Å². The highest BCUT2D eigenvalue weighted by atomic mass is 19.1. The minimum absolute atomic E-state index is 0.140. The van der Waals surface area contributed by atoms with Gasteiger partial charge in [0.1, 0.15) is 0 Å². The Balaban J connectivity index is 1.85. The van der Waals surface area contributed by atoms with Crippen LogP contribution in [0.3, 0.4) is 0 Å². The van der Waals surface area contributed by atoms with Gasteiger partial charge in [-0.1, -0.05) is 30.3 Å². The van der Waals surface area contributed by atoms with Crippen LogP contribution in [0.4, 0.5) is 8.78 Å². The third-order valence-corrected chi connectivity index (χ3v) is 4.42.